The zero-order chi connectivity index (χ0) is 13.0. The lowest BCUT2D eigenvalue weighted by Crippen LogP contribution is -2.10. The van der Waals surface area contributed by atoms with Crippen LogP contribution in [0.5, 0.6) is 0 Å². The number of hydrogen-bond donors (Lipinski definition) is 2. The summed E-state index contributed by atoms with van der Waals surface area (Å²) in [6.07, 6.45) is 0. The largest absolute Gasteiger partial charge is 0.477 e. The van der Waals surface area contributed by atoms with Crippen LogP contribution in [0.4, 0.5) is 6.01 Å². The van der Waals surface area contributed by atoms with Gasteiger partial charge in [-0.2, -0.15) is 5.10 Å². The number of anilines is 1. The van der Waals surface area contributed by atoms with E-state index < -0.39 is 5.97 Å². The van der Waals surface area contributed by atoms with Crippen molar-refractivity contribution in [1.29, 1.82) is 0 Å². The Balaban J connectivity index is 2.12. The van der Waals surface area contributed by atoms with E-state index in [1.54, 1.807) is 0 Å². The Morgan fingerprint density at radius 1 is 1.33 bits per heavy atom. The fraction of sp³-hybridized carbons (Fsp3) is 0.0909. The van der Waals surface area contributed by atoms with E-state index >= 15 is 0 Å². The van der Waals surface area contributed by atoms with Gasteiger partial charge < -0.3 is 9.52 Å². The average molecular weight is 246 g/mol. The molecule has 0 amide bonds. The third-order valence-electron chi connectivity index (χ3n) is 2.07. The number of nitrogens with zero attached hydrogens (tertiary/aromatic N) is 3. The molecule has 0 fully saturated rings. The van der Waals surface area contributed by atoms with Crippen LogP contribution in [0.25, 0.3) is 11.5 Å². The Kier molecular flexibility index (Phi) is 3.33. The monoisotopic (exact) mass is 246 g/mol. The molecule has 1 aromatic heterocycles. The first-order valence-corrected chi connectivity index (χ1v) is 5.09. The van der Waals surface area contributed by atoms with E-state index in [2.05, 4.69) is 20.7 Å². The molecule has 92 valence electrons. The highest BCUT2D eigenvalue weighted by atomic mass is 16.4. The Morgan fingerprint density at radius 3 is 2.72 bits per heavy atom. The Morgan fingerprint density at radius 2 is 2.06 bits per heavy atom. The molecule has 0 aliphatic carbocycles. The second-order valence-electron chi connectivity index (χ2n) is 3.39. The number of benzene rings is 1. The van der Waals surface area contributed by atoms with Crippen LogP contribution in [0.2, 0.25) is 0 Å². The minimum atomic E-state index is -1.12. The first-order valence-electron chi connectivity index (χ1n) is 5.09. The summed E-state index contributed by atoms with van der Waals surface area (Å²) in [5.74, 6) is -0.786. The second kappa shape index (κ2) is 5.09. The summed E-state index contributed by atoms with van der Waals surface area (Å²) in [6.45, 7) is 1.35. The number of hydrogen-bond acceptors (Lipinski definition) is 6. The van der Waals surface area contributed by atoms with Crippen molar-refractivity contribution in [2.24, 2.45) is 5.10 Å². The number of rotatable bonds is 4. The number of carboxylic acid groups (broad SMARTS) is 1. The lowest BCUT2D eigenvalue weighted by molar-refractivity contribution is -0.129. The SMILES string of the molecule is CC(=NNc1nnc(-c2ccccc2)o1)C(=O)O. The van der Waals surface area contributed by atoms with Crippen molar-refractivity contribution in [2.75, 3.05) is 5.43 Å². The molecular weight excluding hydrogens is 236 g/mol. The predicted molar refractivity (Wildman–Crippen MR) is 64.1 cm³/mol. The van der Waals surface area contributed by atoms with Crippen molar-refractivity contribution in [3.8, 4) is 11.5 Å². The molecule has 0 saturated carbocycles. The van der Waals surface area contributed by atoms with Crippen LogP contribution in [-0.2, 0) is 4.79 Å². The van der Waals surface area contributed by atoms with Gasteiger partial charge in [0.1, 0.15) is 5.71 Å². The van der Waals surface area contributed by atoms with Crippen molar-refractivity contribution in [3.63, 3.8) is 0 Å². The van der Waals surface area contributed by atoms with Gasteiger partial charge in [0, 0.05) is 5.56 Å². The van der Waals surface area contributed by atoms with Crippen molar-refractivity contribution < 1.29 is 14.3 Å². The highest BCUT2D eigenvalue weighted by Gasteiger charge is 2.08. The zero-order valence-corrected chi connectivity index (χ0v) is 9.49. The van der Waals surface area contributed by atoms with Crippen molar-refractivity contribution in [2.45, 2.75) is 6.92 Å². The smallest absolute Gasteiger partial charge is 0.351 e. The van der Waals surface area contributed by atoms with E-state index in [4.69, 9.17) is 9.52 Å². The molecule has 2 rings (SSSR count). The molecule has 7 heteroatoms. The third kappa shape index (κ3) is 2.70. The highest BCUT2D eigenvalue weighted by Crippen LogP contribution is 2.18. The molecule has 0 radical (unpaired) electrons. The molecule has 0 bridgehead atoms. The van der Waals surface area contributed by atoms with Gasteiger partial charge in [-0.15, -0.1) is 5.10 Å². The molecule has 0 saturated heterocycles. The summed E-state index contributed by atoms with van der Waals surface area (Å²) in [4.78, 5) is 10.5. The van der Waals surface area contributed by atoms with E-state index in [0.29, 0.717) is 5.89 Å². The molecule has 0 unspecified atom stereocenters. The molecule has 0 spiro atoms. The maximum Gasteiger partial charge on any atom is 0.351 e. The van der Waals surface area contributed by atoms with Crippen molar-refractivity contribution in [3.05, 3.63) is 30.3 Å². The van der Waals surface area contributed by atoms with Gasteiger partial charge in [0.2, 0.25) is 5.89 Å². The first-order chi connectivity index (χ1) is 8.66. The summed E-state index contributed by atoms with van der Waals surface area (Å²) < 4.78 is 5.27. The van der Waals surface area contributed by atoms with Gasteiger partial charge in [0.15, 0.2) is 0 Å². The van der Waals surface area contributed by atoms with Gasteiger partial charge in [-0.3, -0.25) is 0 Å². The van der Waals surface area contributed by atoms with Gasteiger partial charge in [-0.25, -0.2) is 10.2 Å². The Labute approximate surface area is 102 Å². The molecule has 18 heavy (non-hydrogen) atoms. The summed E-state index contributed by atoms with van der Waals surface area (Å²) in [6, 6.07) is 9.25. The lowest BCUT2D eigenvalue weighted by atomic mass is 10.2. The molecule has 2 aromatic rings. The number of carboxylic acids is 1. The topological polar surface area (TPSA) is 101 Å². The number of aromatic nitrogens is 2. The molecule has 0 aliphatic rings. The molecule has 0 atom stereocenters. The Bertz CT molecular complexity index is 577. The number of hydrazone groups is 1. The van der Waals surface area contributed by atoms with Crippen LogP contribution < -0.4 is 5.43 Å². The van der Waals surface area contributed by atoms with E-state index in [1.165, 1.54) is 6.92 Å². The molecule has 7 nitrogen and oxygen atoms in total. The maximum atomic E-state index is 10.5. The number of carbonyl (C=O) groups is 1. The summed E-state index contributed by atoms with van der Waals surface area (Å²) in [5.41, 5.74) is 3.06. The van der Waals surface area contributed by atoms with E-state index in [0.717, 1.165) is 5.56 Å². The van der Waals surface area contributed by atoms with Crippen LogP contribution in [-0.4, -0.2) is 27.0 Å². The van der Waals surface area contributed by atoms with Crippen molar-refractivity contribution >= 4 is 17.7 Å². The number of nitrogens with one attached hydrogen (secondary N) is 1. The van der Waals surface area contributed by atoms with E-state index in [1.807, 2.05) is 30.3 Å². The third-order valence-corrected chi connectivity index (χ3v) is 2.07. The fourth-order valence-corrected chi connectivity index (χ4v) is 1.15. The number of aliphatic carboxylic acids is 1. The lowest BCUT2D eigenvalue weighted by Gasteiger charge is -1.94. The van der Waals surface area contributed by atoms with Crippen LogP contribution in [0.3, 0.4) is 0 Å². The van der Waals surface area contributed by atoms with Crippen LogP contribution >= 0.6 is 0 Å². The predicted octanol–water partition coefficient (Wildman–Crippen LogP) is 1.61. The van der Waals surface area contributed by atoms with Gasteiger partial charge in [0.05, 0.1) is 0 Å². The second-order valence-corrected chi connectivity index (χ2v) is 3.39. The van der Waals surface area contributed by atoms with E-state index in [-0.39, 0.29) is 11.7 Å². The normalized spacial score (nSPS) is 11.3. The molecule has 1 aromatic carbocycles. The van der Waals surface area contributed by atoms with Gasteiger partial charge in [-0.05, 0) is 19.1 Å². The quantitative estimate of drug-likeness (QED) is 0.627. The maximum absolute atomic E-state index is 10.5. The highest BCUT2D eigenvalue weighted by molar-refractivity contribution is 6.34. The van der Waals surface area contributed by atoms with Gasteiger partial charge in [-0.1, -0.05) is 23.3 Å². The fourth-order valence-electron chi connectivity index (χ4n) is 1.15. The molecular formula is C11H10N4O3. The van der Waals surface area contributed by atoms with Crippen LogP contribution in [0.15, 0.2) is 39.9 Å². The van der Waals surface area contributed by atoms with E-state index in [9.17, 15) is 4.79 Å². The first kappa shape index (κ1) is 11.8. The summed E-state index contributed by atoms with van der Waals surface area (Å²) in [7, 11) is 0. The van der Waals surface area contributed by atoms with Crippen LogP contribution in [0, 0.1) is 0 Å². The zero-order valence-electron chi connectivity index (χ0n) is 9.49. The summed E-state index contributed by atoms with van der Waals surface area (Å²) >= 11 is 0. The summed E-state index contributed by atoms with van der Waals surface area (Å²) in [5, 5.41) is 19.7. The minimum Gasteiger partial charge on any atom is -0.477 e. The Hall–Kier alpha value is -2.70. The standard InChI is InChI=1S/C11H10N4O3/c1-7(10(16)17)12-14-11-15-13-9(18-11)8-5-3-2-4-6-8/h2-6H,1H3,(H,14,15)(H,16,17). The average Bonchev–Trinajstić information content (AvgIpc) is 2.85. The minimum absolute atomic E-state index is 0.0365. The van der Waals surface area contributed by atoms with Crippen molar-refractivity contribution in [1.82, 2.24) is 10.2 Å². The van der Waals surface area contributed by atoms with Crippen LogP contribution in [0.1, 0.15) is 6.92 Å². The molecule has 1 heterocycles. The van der Waals surface area contributed by atoms with Gasteiger partial charge in [0.25, 0.3) is 0 Å². The molecule has 2 N–H and O–H groups in total. The molecule has 0 aliphatic heterocycles. The van der Waals surface area contributed by atoms with Gasteiger partial charge >= 0.3 is 12.0 Å².